The first-order valence-corrected chi connectivity index (χ1v) is 13.9. The van der Waals surface area contributed by atoms with E-state index in [2.05, 4.69) is 65.4 Å². The predicted octanol–water partition coefficient (Wildman–Crippen LogP) is 6.00. The molecule has 39 heavy (non-hydrogen) atoms. The van der Waals surface area contributed by atoms with Crippen molar-refractivity contribution in [1.29, 1.82) is 0 Å². The van der Waals surface area contributed by atoms with Crippen LogP contribution in [0.3, 0.4) is 0 Å². The van der Waals surface area contributed by atoms with Gasteiger partial charge < -0.3 is 14.8 Å². The van der Waals surface area contributed by atoms with Gasteiger partial charge in [-0.25, -0.2) is 0 Å². The average Bonchev–Trinajstić information content (AvgIpc) is 2.95. The van der Waals surface area contributed by atoms with E-state index in [1.54, 1.807) is 4.57 Å². The molecule has 202 valence electrons. The van der Waals surface area contributed by atoms with Crippen molar-refractivity contribution in [3.05, 3.63) is 83.2 Å². The lowest BCUT2D eigenvalue weighted by Crippen LogP contribution is -2.48. The Hall–Kier alpha value is -3.90. The molecule has 1 aromatic heterocycles. The molecule has 1 fully saturated rings. The quantitative estimate of drug-likeness (QED) is 0.338. The van der Waals surface area contributed by atoms with Gasteiger partial charge in [0.25, 0.3) is 5.56 Å². The minimum absolute atomic E-state index is 0.0290. The van der Waals surface area contributed by atoms with Crippen LogP contribution in [0.15, 0.2) is 77.6 Å². The van der Waals surface area contributed by atoms with Gasteiger partial charge in [-0.2, -0.15) is 0 Å². The molecule has 0 bridgehead atoms. The molecule has 3 aromatic carbocycles. The zero-order chi connectivity index (χ0) is 27.7. The number of aromatic nitrogens is 1. The van der Waals surface area contributed by atoms with Gasteiger partial charge in [0, 0.05) is 62.1 Å². The third-order valence-electron chi connectivity index (χ3n) is 7.82. The van der Waals surface area contributed by atoms with Crippen LogP contribution < -0.4 is 15.8 Å². The standard InChI is InChI=1S/C33H38N4O2/c1-22(2)32(38)34-28-11-6-25(7-12-28)30-21-27-20-26(10-15-31(27)35(5)33(30)39)24-8-13-29(14-9-24)37-18-16-36(17-19-37)23(3)4/h6-15,20-23H,16-19H2,1-5H3,(H,34,38). The lowest BCUT2D eigenvalue weighted by atomic mass is 10.00. The van der Waals surface area contributed by atoms with Gasteiger partial charge in [-0.3, -0.25) is 14.5 Å². The van der Waals surface area contributed by atoms with Crippen LogP contribution in [0.5, 0.6) is 0 Å². The molecule has 0 aliphatic carbocycles. The van der Waals surface area contributed by atoms with Crippen LogP contribution in [-0.4, -0.2) is 47.6 Å². The molecular weight excluding hydrogens is 484 g/mol. The van der Waals surface area contributed by atoms with E-state index >= 15 is 0 Å². The van der Waals surface area contributed by atoms with Gasteiger partial charge in [0.2, 0.25) is 5.91 Å². The second kappa shape index (κ2) is 11.1. The van der Waals surface area contributed by atoms with Gasteiger partial charge >= 0.3 is 0 Å². The van der Waals surface area contributed by atoms with Crippen LogP contribution in [0.1, 0.15) is 27.7 Å². The van der Waals surface area contributed by atoms with Gasteiger partial charge in [-0.05, 0) is 78.4 Å². The summed E-state index contributed by atoms with van der Waals surface area (Å²) in [5.74, 6) is -0.123. The van der Waals surface area contributed by atoms with E-state index in [4.69, 9.17) is 0 Å². The Balaban J connectivity index is 1.40. The summed E-state index contributed by atoms with van der Waals surface area (Å²) in [6, 6.07) is 25.1. The van der Waals surface area contributed by atoms with E-state index in [0.29, 0.717) is 11.6 Å². The first-order chi connectivity index (χ1) is 18.7. The fraction of sp³-hybridized carbons (Fsp3) is 0.333. The van der Waals surface area contributed by atoms with Gasteiger partial charge in [-0.15, -0.1) is 0 Å². The number of piperazine rings is 1. The summed E-state index contributed by atoms with van der Waals surface area (Å²) in [5.41, 5.74) is 6.58. The molecule has 6 heteroatoms. The summed E-state index contributed by atoms with van der Waals surface area (Å²) in [4.78, 5) is 30.2. The van der Waals surface area contributed by atoms with Gasteiger partial charge in [0.1, 0.15) is 0 Å². The summed E-state index contributed by atoms with van der Waals surface area (Å²) >= 11 is 0. The molecule has 1 aliphatic heterocycles. The maximum Gasteiger partial charge on any atom is 0.258 e. The number of amides is 1. The van der Waals surface area contributed by atoms with Crippen LogP contribution >= 0.6 is 0 Å². The molecule has 1 amide bonds. The van der Waals surface area contributed by atoms with Crippen molar-refractivity contribution in [2.45, 2.75) is 33.7 Å². The smallest absolute Gasteiger partial charge is 0.258 e. The van der Waals surface area contributed by atoms with Crippen molar-refractivity contribution in [3.8, 4) is 22.3 Å². The number of aryl methyl sites for hydroxylation is 1. The Bertz CT molecular complexity index is 1530. The van der Waals surface area contributed by atoms with E-state index in [-0.39, 0.29) is 17.4 Å². The van der Waals surface area contributed by atoms with Crippen LogP contribution in [0.25, 0.3) is 33.2 Å². The highest BCUT2D eigenvalue weighted by Crippen LogP contribution is 2.29. The van der Waals surface area contributed by atoms with E-state index in [0.717, 1.165) is 59.5 Å². The molecule has 2 heterocycles. The second-order valence-corrected chi connectivity index (χ2v) is 11.1. The summed E-state index contributed by atoms with van der Waals surface area (Å²) < 4.78 is 1.71. The van der Waals surface area contributed by atoms with E-state index < -0.39 is 0 Å². The Kier molecular flexibility index (Phi) is 7.58. The van der Waals surface area contributed by atoms with E-state index in [1.807, 2.05) is 57.3 Å². The van der Waals surface area contributed by atoms with Crippen molar-refractivity contribution >= 4 is 28.2 Å². The number of pyridine rings is 1. The maximum atomic E-state index is 13.2. The minimum atomic E-state index is -0.0942. The Morgan fingerprint density at radius 1 is 0.769 bits per heavy atom. The number of nitrogens with zero attached hydrogens (tertiary/aromatic N) is 3. The van der Waals surface area contributed by atoms with Gasteiger partial charge in [0.15, 0.2) is 0 Å². The molecular formula is C33H38N4O2. The fourth-order valence-electron chi connectivity index (χ4n) is 5.25. The predicted molar refractivity (Wildman–Crippen MR) is 162 cm³/mol. The fourth-order valence-corrected chi connectivity index (χ4v) is 5.25. The zero-order valence-electron chi connectivity index (χ0n) is 23.6. The average molecular weight is 523 g/mol. The van der Waals surface area contributed by atoms with Crippen molar-refractivity contribution in [2.75, 3.05) is 36.4 Å². The number of fused-ring (bicyclic) bond motifs is 1. The summed E-state index contributed by atoms with van der Waals surface area (Å²) in [6.45, 7) is 12.5. The number of carbonyl (C=O) groups excluding carboxylic acids is 1. The highest BCUT2D eigenvalue weighted by Gasteiger charge is 2.19. The monoisotopic (exact) mass is 522 g/mol. The number of nitrogens with one attached hydrogen (secondary N) is 1. The third kappa shape index (κ3) is 5.62. The molecule has 1 N–H and O–H groups in total. The molecule has 0 radical (unpaired) electrons. The van der Waals surface area contributed by atoms with Crippen LogP contribution in [0.2, 0.25) is 0 Å². The first-order valence-electron chi connectivity index (χ1n) is 13.9. The van der Waals surface area contributed by atoms with Crippen LogP contribution in [-0.2, 0) is 11.8 Å². The summed E-state index contributed by atoms with van der Waals surface area (Å²) in [7, 11) is 1.82. The molecule has 5 rings (SSSR count). The number of benzene rings is 3. The number of carbonyl (C=O) groups is 1. The Morgan fingerprint density at radius 3 is 2.00 bits per heavy atom. The van der Waals surface area contributed by atoms with Crippen molar-refractivity contribution < 1.29 is 4.79 Å². The molecule has 4 aromatic rings. The lowest BCUT2D eigenvalue weighted by Gasteiger charge is -2.38. The molecule has 0 atom stereocenters. The van der Waals surface area contributed by atoms with Gasteiger partial charge in [0.05, 0.1) is 5.52 Å². The minimum Gasteiger partial charge on any atom is -0.369 e. The Morgan fingerprint density at radius 2 is 1.38 bits per heavy atom. The molecule has 6 nitrogen and oxygen atoms in total. The first kappa shape index (κ1) is 26.7. The largest absolute Gasteiger partial charge is 0.369 e. The summed E-state index contributed by atoms with van der Waals surface area (Å²) in [6.07, 6.45) is 0. The third-order valence-corrected chi connectivity index (χ3v) is 7.82. The number of hydrogen-bond donors (Lipinski definition) is 1. The Labute approximate surface area is 230 Å². The van der Waals surface area contributed by atoms with Crippen molar-refractivity contribution in [1.82, 2.24) is 9.47 Å². The summed E-state index contributed by atoms with van der Waals surface area (Å²) in [5, 5.41) is 3.91. The normalized spacial score (nSPS) is 14.4. The second-order valence-electron chi connectivity index (χ2n) is 11.1. The topological polar surface area (TPSA) is 57.6 Å². The number of hydrogen-bond acceptors (Lipinski definition) is 4. The molecule has 1 saturated heterocycles. The van der Waals surface area contributed by atoms with Crippen LogP contribution in [0, 0.1) is 5.92 Å². The highest BCUT2D eigenvalue weighted by atomic mass is 16.2. The molecule has 0 spiro atoms. The van der Waals surface area contributed by atoms with Crippen molar-refractivity contribution in [3.63, 3.8) is 0 Å². The van der Waals surface area contributed by atoms with E-state index in [1.165, 1.54) is 5.69 Å². The SMILES string of the molecule is CC(C)C(=O)Nc1ccc(-c2cc3cc(-c4ccc(N5CCN(C(C)C)CC5)cc4)ccc3n(C)c2=O)cc1. The lowest BCUT2D eigenvalue weighted by molar-refractivity contribution is -0.118. The zero-order valence-corrected chi connectivity index (χ0v) is 23.6. The highest BCUT2D eigenvalue weighted by molar-refractivity contribution is 5.92. The van der Waals surface area contributed by atoms with Gasteiger partial charge in [-0.1, -0.05) is 44.2 Å². The molecule has 0 saturated carbocycles. The number of rotatable bonds is 6. The van der Waals surface area contributed by atoms with Crippen LogP contribution in [0.4, 0.5) is 11.4 Å². The molecule has 0 unspecified atom stereocenters. The van der Waals surface area contributed by atoms with E-state index in [9.17, 15) is 9.59 Å². The molecule has 1 aliphatic rings. The van der Waals surface area contributed by atoms with Crippen molar-refractivity contribution in [2.24, 2.45) is 13.0 Å². The number of anilines is 2. The maximum absolute atomic E-state index is 13.2.